The minimum atomic E-state index is -4.70. The lowest BCUT2D eigenvalue weighted by Crippen LogP contribution is -2.30. The van der Waals surface area contributed by atoms with Gasteiger partial charge >= 0.3 is 6.18 Å². The molecule has 0 fully saturated rings. The number of pyridine rings is 1. The maximum absolute atomic E-state index is 13.2. The second kappa shape index (κ2) is 10.3. The summed E-state index contributed by atoms with van der Waals surface area (Å²) in [5.41, 5.74) is -0.791. The maximum atomic E-state index is 13.2. The van der Waals surface area contributed by atoms with Crippen molar-refractivity contribution in [1.82, 2.24) is 9.88 Å². The first-order chi connectivity index (χ1) is 14.6. The van der Waals surface area contributed by atoms with Crippen LogP contribution < -0.4 is 5.32 Å². The van der Waals surface area contributed by atoms with E-state index >= 15 is 0 Å². The zero-order chi connectivity index (χ0) is 23.2. The summed E-state index contributed by atoms with van der Waals surface area (Å²) >= 11 is 0.745. The van der Waals surface area contributed by atoms with E-state index in [2.05, 4.69) is 10.3 Å². The third kappa shape index (κ3) is 6.21. The van der Waals surface area contributed by atoms with Gasteiger partial charge in [0, 0.05) is 30.0 Å². The topological polar surface area (TPSA) is 86.1 Å². The van der Waals surface area contributed by atoms with Gasteiger partial charge in [-0.1, -0.05) is 17.8 Å². The number of amides is 2. The highest BCUT2D eigenvalue weighted by molar-refractivity contribution is 8.00. The Kier molecular flexibility index (Phi) is 8.05. The summed E-state index contributed by atoms with van der Waals surface area (Å²) < 4.78 is 39.6. The molecule has 1 aromatic carbocycles. The molecule has 1 aromatic heterocycles. The Bertz CT molecular complexity index is 1010. The number of nitrogens with one attached hydrogen (secondary N) is 1. The zero-order valence-corrected chi connectivity index (χ0v) is 18.0. The molecule has 0 saturated heterocycles. The number of nitrogens with zero attached hydrogens (tertiary/aromatic N) is 3. The van der Waals surface area contributed by atoms with Gasteiger partial charge in [-0.05, 0) is 45.0 Å². The fourth-order valence-electron chi connectivity index (χ4n) is 2.84. The number of thioether (sulfide) groups is 1. The third-order valence-electron chi connectivity index (χ3n) is 4.32. The predicted octanol–water partition coefficient (Wildman–Crippen LogP) is 4.49. The third-order valence-corrected chi connectivity index (χ3v) is 5.29. The lowest BCUT2D eigenvalue weighted by molar-refractivity contribution is -0.138. The number of carbonyl (C=O) groups is 2. The molecule has 2 amide bonds. The lowest BCUT2D eigenvalue weighted by Gasteiger charge is -2.19. The Morgan fingerprint density at radius 1 is 1.23 bits per heavy atom. The molecule has 1 N–H and O–H groups in total. The number of anilines is 1. The summed E-state index contributed by atoms with van der Waals surface area (Å²) in [6.07, 6.45) is -4.70. The van der Waals surface area contributed by atoms with Crippen molar-refractivity contribution in [3.05, 3.63) is 52.7 Å². The van der Waals surface area contributed by atoms with Crippen molar-refractivity contribution < 1.29 is 22.8 Å². The smallest absolute Gasteiger partial charge is 0.339 e. The van der Waals surface area contributed by atoms with E-state index in [-0.39, 0.29) is 22.4 Å². The van der Waals surface area contributed by atoms with E-state index in [9.17, 15) is 28.0 Å². The van der Waals surface area contributed by atoms with Crippen molar-refractivity contribution in [3.8, 4) is 6.07 Å². The van der Waals surface area contributed by atoms with Gasteiger partial charge in [0.05, 0.1) is 16.9 Å². The minimum absolute atomic E-state index is 0.0943. The average molecular weight is 450 g/mol. The summed E-state index contributed by atoms with van der Waals surface area (Å²) in [5.74, 6) is -0.924. The number of benzene rings is 1. The summed E-state index contributed by atoms with van der Waals surface area (Å²) in [5, 5.41) is 11.6. The summed E-state index contributed by atoms with van der Waals surface area (Å²) in [7, 11) is 0. The number of carbonyl (C=O) groups excluding carboxylic acids is 2. The van der Waals surface area contributed by atoms with E-state index in [1.54, 1.807) is 23.1 Å². The molecule has 0 saturated carbocycles. The van der Waals surface area contributed by atoms with Crippen LogP contribution in [0.3, 0.4) is 0 Å². The molecular weight excluding hydrogens is 429 g/mol. The van der Waals surface area contributed by atoms with Crippen molar-refractivity contribution >= 4 is 29.3 Å². The van der Waals surface area contributed by atoms with Gasteiger partial charge in [0.25, 0.3) is 5.91 Å². The van der Waals surface area contributed by atoms with Crippen molar-refractivity contribution in [2.24, 2.45) is 0 Å². The number of aromatic nitrogens is 1. The van der Waals surface area contributed by atoms with Gasteiger partial charge in [-0.3, -0.25) is 9.59 Å². The number of hydrogen-bond acceptors (Lipinski definition) is 5. The van der Waals surface area contributed by atoms with Crippen LogP contribution in [0.15, 0.2) is 35.4 Å². The Balaban J connectivity index is 2.14. The van der Waals surface area contributed by atoms with Crippen LogP contribution in [-0.2, 0) is 11.0 Å². The summed E-state index contributed by atoms with van der Waals surface area (Å²) in [6, 6.07) is 8.76. The predicted molar refractivity (Wildman–Crippen MR) is 112 cm³/mol. The first kappa shape index (κ1) is 24.2. The number of rotatable bonds is 7. The van der Waals surface area contributed by atoms with Gasteiger partial charge in [0.2, 0.25) is 5.91 Å². The fraction of sp³-hybridized carbons (Fsp3) is 0.333. The highest BCUT2D eigenvalue weighted by Gasteiger charge is 2.35. The molecule has 0 aliphatic heterocycles. The molecule has 0 atom stereocenters. The first-order valence-electron chi connectivity index (χ1n) is 9.41. The SMILES string of the molecule is CCN(CC)C(=O)c1cccc(NC(=O)CSc2nc(C)cc(C(F)(F)F)c2C#N)c1. The molecule has 0 aliphatic rings. The zero-order valence-electron chi connectivity index (χ0n) is 17.2. The van der Waals surface area contributed by atoms with Gasteiger partial charge in [-0.15, -0.1) is 0 Å². The molecule has 0 spiro atoms. The fourth-order valence-corrected chi connectivity index (χ4v) is 3.68. The van der Waals surface area contributed by atoms with Crippen LogP contribution in [-0.4, -0.2) is 40.5 Å². The molecular formula is C21H21F3N4O2S. The number of alkyl halides is 3. The molecule has 6 nitrogen and oxygen atoms in total. The van der Waals surface area contributed by atoms with Crippen molar-refractivity contribution in [2.75, 3.05) is 24.2 Å². The molecule has 0 radical (unpaired) electrons. The Morgan fingerprint density at radius 3 is 2.48 bits per heavy atom. The number of hydrogen-bond donors (Lipinski definition) is 1. The van der Waals surface area contributed by atoms with Gasteiger partial charge in [0.1, 0.15) is 11.1 Å². The minimum Gasteiger partial charge on any atom is -0.339 e. The van der Waals surface area contributed by atoms with Gasteiger partial charge in [-0.25, -0.2) is 4.98 Å². The molecule has 0 bridgehead atoms. The van der Waals surface area contributed by atoms with Crippen LogP contribution in [0, 0.1) is 18.3 Å². The molecule has 2 aromatic rings. The largest absolute Gasteiger partial charge is 0.417 e. The van der Waals surface area contributed by atoms with Crippen molar-refractivity contribution in [3.63, 3.8) is 0 Å². The standard InChI is InChI=1S/C21H21F3N4O2S/c1-4-28(5-2)20(30)14-7-6-8-15(10-14)27-18(29)12-31-19-16(11-25)17(21(22,23)24)9-13(3)26-19/h6-10H,4-5,12H2,1-3H3,(H,27,29). The van der Waals surface area contributed by atoms with Crippen LogP contribution in [0.4, 0.5) is 18.9 Å². The second-order valence-electron chi connectivity index (χ2n) is 6.50. The van der Waals surface area contributed by atoms with E-state index < -0.39 is 23.2 Å². The normalized spacial score (nSPS) is 11.0. The summed E-state index contributed by atoms with van der Waals surface area (Å²) in [4.78, 5) is 30.4. The van der Waals surface area contributed by atoms with Crippen LogP contribution in [0.25, 0.3) is 0 Å². The Labute approximate surface area is 182 Å². The summed E-state index contributed by atoms with van der Waals surface area (Å²) in [6.45, 7) is 6.21. The molecule has 10 heteroatoms. The molecule has 2 rings (SSSR count). The Morgan fingerprint density at radius 2 is 1.90 bits per heavy atom. The Hall–Kier alpha value is -3.06. The number of nitriles is 1. The second-order valence-corrected chi connectivity index (χ2v) is 7.46. The quantitative estimate of drug-likeness (QED) is 0.628. The molecule has 31 heavy (non-hydrogen) atoms. The highest BCUT2D eigenvalue weighted by atomic mass is 32.2. The van der Waals surface area contributed by atoms with Crippen molar-refractivity contribution in [1.29, 1.82) is 5.26 Å². The molecule has 164 valence electrons. The monoisotopic (exact) mass is 450 g/mol. The maximum Gasteiger partial charge on any atom is 0.417 e. The van der Waals surface area contributed by atoms with Gasteiger partial charge in [-0.2, -0.15) is 18.4 Å². The van der Waals surface area contributed by atoms with Crippen molar-refractivity contribution in [2.45, 2.75) is 32.0 Å². The van der Waals surface area contributed by atoms with Crippen LogP contribution >= 0.6 is 11.8 Å². The number of halogens is 3. The lowest BCUT2D eigenvalue weighted by atomic mass is 10.1. The van der Waals surface area contributed by atoms with E-state index in [1.165, 1.54) is 19.1 Å². The van der Waals surface area contributed by atoms with Crippen LogP contribution in [0.5, 0.6) is 0 Å². The molecule has 0 unspecified atom stereocenters. The van der Waals surface area contributed by atoms with E-state index in [0.29, 0.717) is 24.3 Å². The van der Waals surface area contributed by atoms with Crippen LogP contribution in [0.2, 0.25) is 0 Å². The average Bonchev–Trinajstić information content (AvgIpc) is 2.72. The first-order valence-corrected chi connectivity index (χ1v) is 10.4. The van der Waals surface area contributed by atoms with Gasteiger partial charge in [0.15, 0.2) is 0 Å². The van der Waals surface area contributed by atoms with E-state index in [0.717, 1.165) is 17.8 Å². The van der Waals surface area contributed by atoms with Crippen LogP contribution in [0.1, 0.15) is 41.0 Å². The highest BCUT2D eigenvalue weighted by Crippen LogP contribution is 2.35. The van der Waals surface area contributed by atoms with Gasteiger partial charge < -0.3 is 10.2 Å². The number of aryl methyl sites for hydroxylation is 1. The van der Waals surface area contributed by atoms with E-state index in [1.807, 2.05) is 13.8 Å². The molecule has 0 aliphatic carbocycles. The molecule has 1 heterocycles. The van der Waals surface area contributed by atoms with E-state index in [4.69, 9.17) is 0 Å².